The largest absolute Gasteiger partial charge is 0.465 e. The van der Waals surface area contributed by atoms with E-state index in [4.69, 9.17) is 16.3 Å². The lowest BCUT2D eigenvalue weighted by Crippen LogP contribution is -2.40. The van der Waals surface area contributed by atoms with Crippen LogP contribution in [0.15, 0.2) is 39.9 Å². The van der Waals surface area contributed by atoms with E-state index in [1.807, 2.05) is 0 Å². The van der Waals surface area contributed by atoms with Gasteiger partial charge in [0.2, 0.25) is 0 Å². The molecule has 4 rings (SSSR count). The summed E-state index contributed by atoms with van der Waals surface area (Å²) in [6, 6.07) is 8.54. The molecule has 1 fully saturated rings. The smallest absolute Gasteiger partial charge is 0.338 e. The number of methoxy groups -OCH3 is 1. The number of fused-ring (bicyclic) bond motifs is 1. The Bertz CT molecular complexity index is 1220. The molecule has 0 saturated heterocycles. The van der Waals surface area contributed by atoms with Crippen LogP contribution in [0.25, 0.3) is 11.0 Å². The van der Waals surface area contributed by atoms with Crippen molar-refractivity contribution in [2.75, 3.05) is 7.11 Å². The van der Waals surface area contributed by atoms with Gasteiger partial charge in [0.25, 0.3) is 5.56 Å². The molecule has 3 aromatic rings. The first-order valence-electron chi connectivity index (χ1n) is 8.88. The van der Waals surface area contributed by atoms with Crippen LogP contribution in [-0.4, -0.2) is 27.2 Å². The maximum atomic E-state index is 13.2. The molecular weight excluding hydrogens is 382 g/mol. The van der Waals surface area contributed by atoms with Gasteiger partial charge in [0.15, 0.2) is 0 Å². The van der Waals surface area contributed by atoms with E-state index in [2.05, 4.69) is 4.98 Å². The highest BCUT2D eigenvalue weighted by Crippen LogP contribution is 2.39. The van der Waals surface area contributed by atoms with Gasteiger partial charge in [-0.05, 0) is 36.6 Å². The molecule has 1 saturated carbocycles. The van der Waals surface area contributed by atoms with E-state index in [0.717, 1.165) is 17.4 Å². The van der Waals surface area contributed by atoms with Crippen molar-refractivity contribution in [3.63, 3.8) is 0 Å². The van der Waals surface area contributed by atoms with E-state index >= 15 is 0 Å². The minimum atomic E-state index is -0.626. The zero-order chi connectivity index (χ0) is 20.0. The first-order chi connectivity index (χ1) is 13.4. The van der Waals surface area contributed by atoms with Gasteiger partial charge >= 0.3 is 11.7 Å². The van der Waals surface area contributed by atoms with Crippen LogP contribution in [0.5, 0.6) is 0 Å². The number of hydrogen-bond donors (Lipinski definition) is 0. The maximum absolute atomic E-state index is 13.2. The van der Waals surface area contributed by atoms with Gasteiger partial charge in [-0.25, -0.2) is 14.6 Å². The molecular formula is C20H18ClN3O4. The summed E-state index contributed by atoms with van der Waals surface area (Å²) in [7, 11) is 2.81. The Morgan fingerprint density at radius 1 is 1.29 bits per heavy atom. The summed E-state index contributed by atoms with van der Waals surface area (Å²) in [5.74, 6) is -0.379. The number of ether oxygens (including phenoxy) is 1. The van der Waals surface area contributed by atoms with Gasteiger partial charge in [-0.15, -0.1) is 0 Å². The van der Waals surface area contributed by atoms with Crippen LogP contribution in [0, 0.1) is 0 Å². The van der Waals surface area contributed by atoms with Gasteiger partial charge in [0, 0.05) is 23.7 Å². The highest BCUT2D eigenvalue weighted by molar-refractivity contribution is 6.30. The topological polar surface area (TPSA) is 83.2 Å². The lowest BCUT2D eigenvalue weighted by Gasteiger charge is -2.14. The average Bonchev–Trinajstić information content (AvgIpc) is 3.53. The van der Waals surface area contributed by atoms with E-state index in [1.54, 1.807) is 37.4 Å². The monoisotopic (exact) mass is 399 g/mol. The van der Waals surface area contributed by atoms with Gasteiger partial charge in [-0.2, -0.15) is 0 Å². The second kappa shape index (κ2) is 6.91. The number of carbonyl (C=O) groups excluding carboxylic acids is 1. The van der Waals surface area contributed by atoms with E-state index in [1.165, 1.54) is 11.7 Å². The summed E-state index contributed by atoms with van der Waals surface area (Å²) in [4.78, 5) is 43.0. The van der Waals surface area contributed by atoms with Crippen molar-refractivity contribution < 1.29 is 9.53 Å². The first kappa shape index (κ1) is 18.4. The Balaban J connectivity index is 2.00. The van der Waals surface area contributed by atoms with Crippen LogP contribution in [0.1, 0.15) is 40.4 Å². The zero-order valence-electron chi connectivity index (χ0n) is 15.4. The summed E-state index contributed by atoms with van der Waals surface area (Å²) in [5, 5.41) is 0.592. The van der Waals surface area contributed by atoms with Gasteiger partial charge in [-0.3, -0.25) is 13.9 Å². The molecule has 8 heteroatoms. The number of carbonyl (C=O) groups is 1. The highest BCUT2D eigenvalue weighted by atomic mass is 35.5. The van der Waals surface area contributed by atoms with Crippen molar-refractivity contribution in [2.45, 2.75) is 25.3 Å². The first-order valence-corrected chi connectivity index (χ1v) is 9.25. The van der Waals surface area contributed by atoms with Crippen LogP contribution in [-0.2, 0) is 18.3 Å². The van der Waals surface area contributed by atoms with E-state index in [-0.39, 0.29) is 29.1 Å². The lowest BCUT2D eigenvalue weighted by atomic mass is 10.1. The molecule has 28 heavy (non-hydrogen) atoms. The standard InChI is InChI=1S/C20H18ClN3O4/c1-23-17-16(14(19(26)28-2)9-15(22-17)12-6-7-12)18(25)24(20(23)27)10-11-4-3-5-13(21)8-11/h3-5,8-9,12H,6-7,10H2,1-2H3. The molecule has 144 valence electrons. The fourth-order valence-electron chi connectivity index (χ4n) is 3.31. The van der Waals surface area contributed by atoms with Crippen molar-refractivity contribution in [2.24, 2.45) is 7.05 Å². The molecule has 1 aromatic carbocycles. The number of benzene rings is 1. The van der Waals surface area contributed by atoms with E-state index in [9.17, 15) is 14.4 Å². The molecule has 0 spiro atoms. The van der Waals surface area contributed by atoms with Crippen LogP contribution in [0.2, 0.25) is 5.02 Å². The minimum Gasteiger partial charge on any atom is -0.465 e. The van der Waals surface area contributed by atoms with Crippen LogP contribution in [0.3, 0.4) is 0 Å². The van der Waals surface area contributed by atoms with Crippen molar-refractivity contribution in [1.29, 1.82) is 0 Å². The van der Waals surface area contributed by atoms with Crippen LogP contribution < -0.4 is 11.2 Å². The van der Waals surface area contributed by atoms with Gasteiger partial charge in [0.1, 0.15) is 5.65 Å². The molecule has 0 amide bonds. The molecule has 2 aromatic heterocycles. The average molecular weight is 400 g/mol. The third-order valence-corrected chi connectivity index (χ3v) is 5.18. The number of rotatable bonds is 4. The third-order valence-electron chi connectivity index (χ3n) is 4.95. The van der Waals surface area contributed by atoms with Gasteiger partial charge in [0.05, 0.1) is 24.6 Å². The quantitative estimate of drug-likeness (QED) is 0.629. The number of pyridine rings is 1. The molecule has 0 radical (unpaired) electrons. The van der Waals surface area contributed by atoms with Crippen molar-refractivity contribution in [3.05, 3.63) is 73.0 Å². The summed E-state index contributed by atoms with van der Waals surface area (Å²) >= 11 is 6.01. The molecule has 0 aliphatic heterocycles. The number of aryl methyl sites for hydroxylation is 1. The fraction of sp³-hybridized carbons (Fsp3) is 0.300. The predicted molar refractivity (Wildman–Crippen MR) is 105 cm³/mol. The number of nitrogens with zero attached hydrogens (tertiary/aromatic N) is 3. The number of hydrogen-bond acceptors (Lipinski definition) is 5. The molecule has 0 bridgehead atoms. The Morgan fingerprint density at radius 3 is 2.68 bits per heavy atom. The Morgan fingerprint density at radius 2 is 2.04 bits per heavy atom. The molecule has 7 nitrogen and oxygen atoms in total. The van der Waals surface area contributed by atoms with Crippen LogP contribution >= 0.6 is 11.6 Å². The highest BCUT2D eigenvalue weighted by Gasteiger charge is 2.29. The molecule has 0 unspecified atom stereocenters. The summed E-state index contributed by atoms with van der Waals surface area (Å²) in [5.41, 5.74) is 0.655. The van der Waals surface area contributed by atoms with Crippen LogP contribution in [0.4, 0.5) is 0 Å². The second-order valence-electron chi connectivity index (χ2n) is 6.92. The SMILES string of the molecule is COC(=O)c1cc(C2CC2)nc2c1c(=O)n(Cc1cccc(Cl)c1)c(=O)n2C. The number of halogens is 1. The molecule has 0 atom stereocenters. The predicted octanol–water partition coefficient (Wildman–Crippen LogP) is 2.46. The fourth-order valence-corrected chi connectivity index (χ4v) is 3.53. The molecule has 1 aliphatic carbocycles. The molecule has 2 heterocycles. The van der Waals surface area contributed by atoms with Gasteiger partial charge < -0.3 is 4.74 Å². The summed E-state index contributed by atoms with van der Waals surface area (Å²) < 4.78 is 7.27. The third kappa shape index (κ3) is 3.11. The normalized spacial score (nSPS) is 13.7. The summed E-state index contributed by atoms with van der Waals surface area (Å²) in [6.07, 6.45) is 1.94. The molecule has 1 aliphatic rings. The van der Waals surface area contributed by atoms with Crippen molar-refractivity contribution in [3.8, 4) is 0 Å². The Hall–Kier alpha value is -2.93. The second-order valence-corrected chi connectivity index (χ2v) is 7.36. The Kier molecular flexibility index (Phi) is 4.55. The van der Waals surface area contributed by atoms with Crippen molar-refractivity contribution in [1.82, 2.24) is 14.1 Å². The number of esters is 1. The zero-order valence-corrected chi connectivity index (χ0v) is 16.2. The summed E-state index contributed by atoms with van der Waals surface area (Å²) in [6.45, 7) is 0.0347. The minimum absolute atomic E-state index is 0.0347. The van der Waals surface area contributed by atoms with Crippen molar-refractivity contribution >= 4 is 28.6 Å². The molecule has 0 N–H and O–H groups in total. The maximum Gasteiger partial charge on any atom is 0.338 e. The van der Waals surface area contributed by atoms with E-state index in [0.29, 0.717) is 16.3 Å². The van der Waals surface area contributed by atoms with E-state index < -0.39 is 17.2 Å². The Labute approximate surface area is 165 Å². The lowest BCUT2D eigenvalue weighted by molar-refractivity contribution is 0.0602. The van der Waals surface area contributed by atoms with Gasteiger partial charge in [-0.1, -0.05) is 23.7 Å². The number of aromatic nitrogens is 3.